The summed E-state index contributed by atoms with van der Waals surface area (Å²) in [4.78, 5) is 29.7. The van der Waals surface area contributed by atoms with Crippen molar-refractivity contribution in [2.24, 2.45) is 0 Å². The van der Waals surface area contributed by atoms with Gasteiger partial charge in [-0.3, -0.25) is 9.59 Å². The summed E-state index contributed by atoms with van der Waals surface area (Å²) in [5, 5.41) is 2.74. The number of hydrogen-bond donors (Lipinski definition) is 1. The summed E-state index contributed by atoms with van der Waals surface area (Å²) in [6.07, 6.45) is 1.47. The molecule has 0 fully saturated rings. The van der Waals surface area contributed by atoms with E-state index in [9.17, 15) is 9.59 Å². The minimum Gasteiger partial charge on any atom is -0.345 e. The van der Waals surface area contributed by atoms with Crippen LogP contribution in [0.3, 0.4) is 0 Å². The zero-order valence-corrected chi connectivity index (χ0v) is 13.2. The number of halogens is 1. The lowest BCUT2D eigenvalue weighted by molar-refractivity contribution is 0.0828. The van der Waals surface area contributed by atoms with Gasteiger partial charge in [0.25, 0.3) is 11.8 Å². The summed E-state index contributed by atoms with van der Waals surface area (Å²) in [5.74, 6) is -0.478. The second kappa shape index (κ2) is 6.49. The Morgan fingerprint density at radius 3 is 2.48 bits per heavy atom. The fraction of sp³-hybridized carbons (Fsp3) is 0.133. The van der Waals surface area contributed by atoms with Crippen molar-refractivity contribution in [3.8, 4) is 0 Å². The van der Waals surface area contributed by atoms with E-state index in [1.54, 1.807) is 50.5 Å². The Balaban J connectivity index is 2.25. The van der Waals surface area contributed by atoms with Crippen molar-refractivity contribution in [3.63, 3.8) is 0 Å². The number of nitrogens with zero attached hydrogens (tertiary/aromatic N) is 2. The molecule has 2 amide bonds. The first-order valence-electron chi connectivity index (χ1n) is 6.22. The first kappa shape index (κ1) is 15.2. The summed E-state index contributed by atoms with van der Waals surface area (Å²) in [6.45, 7) is 0. The minimum absolute atomic E-state index is 0.167. The summed E-state index contributed by atoms with van der Waals surface area (Å²) in [7, 11) is 3.33. The van der Waals surface area contributed by atoms with Gasteiger partial charge in [-0.1, -0.05) is 12.1 Å². The summed E-state index contributed by atoms with van der Waals surface area (Å²) in [5.41, 5.74) is 1.34. The molecule has 1 aromatic heterocycles. The van der Waals surface area contributed by atoms with Crippen LogP contribution < -0.4 is 5.32 Å². The maximum absolute atomic E-state index is 12.2. The summed E-state index contributed by atoms with van der Waals surface area (Å²) >= 11 is 3.22. The number of para-hydroxylation sites is 1. The van der Waals surface area contributed by atoms with Crippen molar-refractivity contribution >= 4 is 33.4 Å². The summed E-state index contributed by atoms with van der Waals surface area (Å²) < 4.78 is 0.655. The smallest absolute Gasteiger partial charge is 0.257 e. The Bertz CT molecular complexity index is 669. The first-order chi connectivity index (χ1) is 9.99. The first-order valence-corrected chi connectivity index (χ1v) is 7.02. The van der Waals surface area contributed by atoms with E-state index < -0.39 is 0 Å². The van der Waals surface area contributed by atoms with Gasteiger partial charge in [-0.15, -0.1) is 0 Å². The molecule has 0 aliphatic heterocycles. The van der Waals surface area contributed by atoms with Gasteiger partial charge in [-0.05, 0) is 40.2 Å². The normalized spacial score (nSPS) is 10.0. The highest BCUT2D eigenvalue weighted by atomic mass is 79.9. The highest BCUT2D eigenvalue weighted by molar-refractivity contribution is 9.10. The Morgan fingerprint density at radius 1 is 1.14 bits per heavy atom. The Labute approximate surface area is 131 Å². The van der Waals surface area contributed by atoms with E-state index in [0.29, 0.717) is 21.4 Å². The molecule has 1 heterocycles. The predicted molar refractivity (Wildman–Crippen MR) is 84.3 cm³/mol. The number of amides is 2. The molecule has 0 saturated carbocycles. The number of pyridine rings is 1. The van der Waals surface area contributed by atoms with Crippen LogP contribution in [0.5, 0.6) is 0 Å². The molecule has 2 aromatic rings. The number of carbonyl (C=O) groups is 2. The van der Waals surface area contributed by atoms with Gasteiger partial charge >= 0.3 is 0 Å². The molecule has 108 valence electrons. The van der Waals surface area contributed by atoms with E-state index >= 15 is 0 Å². The molecule has 0 atom stereocenters. The van der Waals surface area contributed by atoms with E-state index in [2.05, 4.69) is 26.2 Å². The van der Waals surface area contributed by atoms with Crippen molar-refractivity contribution in [1.82, 2.24) is 9.88 Å². The average Bonchev–Trinajstić information content (AvgIpc) is 2.47. The number of carbonyl (C=O) groups excluding carboxylic acids is 2. The molecular weight excluding hydrogens is 334 g/mol. The standard InChI is InChI=1S/C15H14BrN3O2/c1-19(2)15(21)11-5-3-4-6-12(11)18-14(20)10-7-8-13(16)17-9-10/h3-9H,1-2H3,(H,18,20). The molecule has 21 heavy (non-hydrogen) atoms. The molecule has 0 radical (unpaired) electrons. The van der Waals surface area contributed by atoms with Gasteiger partial charge in [0.05, 0.1) is 16.8 Å². The van der Waals surface area contributed by atoms with Crippen LogP contribution in [-0.4, -0.2) is 35.8 Å². The zero-order valence-electron chi connectivity index (χ0n) is 11.6. The topological polar surface area (TPSA) is 62.3 Å². The number of hydrogen-bond acceptors (Lipinski definition) is 3. The lowest BCUT2D eigenvalue weighted by Gasteiger charge is -2.14. The van der Waals surface area contributed by atoms with E-state index in [-0.39, 0.29) is 11.8 Å². The number of benzene rings is 1. The second-order valence-corrected chi connectivity index (χ2v) is 5.38. The quantitative estimate of drug-likeness (QED) is 0.868. The lowest BCUT2D eigenvalue weighted by Crippen LogP contribution is -2.24. The van der Waals surface area contributed by atoms with Crippen LogP contribution in [0.25, 0.3) is 0 Å². The fourth-order valence-corrected chi connectivity index (χ4v) is 1.96. The van der Waals surface area contributed by atoms with Gasteiger partial charge in [0, 0.05) is 20.3 Å². The van der Waals surface area contributed by atoms with Crippen LogP contribution in [-0.2, 0) is 0 Å². The average molecular weight is 348 g/mol. The molecule has 0 saturated heterocycles. The Hall–Kier alpha value is -2.21. The lowest BCUT2D eigenvalue weighted by atomic mass is 10.1. The zero-order chi connectivity index (χ0) is 15.4. The van der Waals surface area contributed by atoms with Crippen molar-refractivity contribution in [2.45, 2.75) is 0 Å². The number of nitrogens with one attached hydrogen (secondary N) is 1. The molecule has 5 nitrogen and oxygen atoms in total. The molecule has 2 rings (SSSR count). The van der Waals surface area contributed by atoms with Crippen molar-refractivity contribution in [3.05, 3.63) is 58.3 Å². The maximum Gasteiger partial charge on any atom is 0.257 e. The molecule has 0 unspecified atom stereocenters. The minimum atomic E-state index is -0.311. The Morgan fingerprint density at radius 2 is 1.86 bits per heavy atom. The van der Waals surface area contributed by atoms with Crippen LogP contribution in [0.4, 0.5) is 5.69 Å². The summed E-state index contributed by atoms with van der Waals surface area (Å²) in [6, 6.07) is 10.2. The second-order valence-electron chi connectivity index (χ2n) is 4.57. The third kappa shape index (κ3) is 3.66. The highest BCUT2D eigenvalue weighted by Gasteiger charge is 2.15. The van der Waals surface area contributed by atoms with Gasteiger partial charge in [0.1, 0.15) is 4.60 Å². The SMILES string of the molecule is CN(C)C(=O)c1ccccc1NC(=O)c1ccc(Br)nc1. The molecule has 0 aliphatic rings. The van der Waals surface area contributed by atoms with Crippen LogP contribution in [0.2, 0.25) is 0 Å². The van der Waals surface area contributed by atoms with E-state index in [0.717, 1.165) is 0 Å². The maximum atomic E-state index is 12.2. The molecule has 0 spiro atoms. The van der Waals surface area contributed by atoms with Gasteiger partial charge in [0.2, 0.25) is 0 Å². The van der Waals surface area contributed by atoms with E-state index in [1.807, 2.05) is 0 Å². The molecule has 0 bridgehead atoms. The van der Waals surface area contributed by atoms with E-state index in [4.69, 9.17) is 0 Å². The van der Waals surface area contributed by atoms with Crippen molar-refractivity contribution in [1.29, 1.82) is 0 Å². The Kier molecular flexibility index (Phi) is 4.70. The van der Waals surface area contributed by atoms with Crippen LogP contribution in [0, 0.1) is 0 Å². The van der Waals surface area contributed by atoms with Crippen LogP contribution >= 0.6 is 15.9 Å². The number of rotatable bonds is 3. The molecule has 6 heteroatoms. The molecule has 0 aliphatic carbocycles. The molecule has 1 aromatic carbocycles. The van der Waals surface area contributed by atoms with Crippen molar-refractivity contribution in [2.75, 3.05) is 19.4 Å². The van der Waals surface area contributed by atoms with Crippen LogP contribution in [0.15, 0.2) is 47.2 Å². The van der Waals surface area contributed by atoms with Gasteiger partial charge in [-0.25, -0.2) is 4.98 Å². The largest absolute Gasteiger partial charge is 0.345 e. The molecular formula is C15H14BrN3O2. The van der Waals surface area contributed by atoms with Gasteiger partial charge in [0.15, 0.2) is 0 Å². The molecule has 1 N–H and O–H groups in total. The van der Waals surface area contributed by atoms with Crippen molar-refractivity contribution < 1.29 is 9.59 Å². The number of anilines is 1. The van der Waals surface area contributed by atoms with Gasteiger partial charge in [-0.2, -0.15) is 0 Å². The predicted octanol–water partition coefficient (Wildman–Crippen LogP) is 2.80. The third-order valence-electron chi connectivity index (χ3n) is 2.80. The van der Waals surface area contributed by atoms with E-state index in [1.165, 1.54) is 11.1 Å². The number of aromatic nitrogens is 1. The third-order valence-corrected chi connectivity index (χ3v) is 3.27. The van der Waals surface area contributed by atoms with Crippen LogP contribution in [0.1, 0.15) is 20.7 Å². The monoisotopic (exact) mass is 347 g/mol. The van der Waals surface area contributed by atoms with Gasteiger partial charge < -0.3 is 10.2 Å². The highest BCUT2D eigenvalue weighted by Crippen LogP contribution is 2.18. The fourth-order valence-electron chi connectivity index (χ4n) is 1.72.